The van der Waals surface area contributed by atoms with Gasteiger partial charge in [-0.15, -0.1) is 0 Å². The third-order valence-corrected chi connectivity index (χ3v) is 1.94. The van der Waals surface area contributed by atoms with E-state index < -0.39 is 35.5 Å². The average Bonchev–Trinajstić information content (AvgIpc) is 2.06. The van der Waals surface area contributed by atoms with Gasteiger partial charge in [0.05, 0.1) is 11.5 Å². The summed E-state index contributed by atoms with van der Waals surface area (Å²) in [5, 5.41) is 28.4. The molecule has 7 heteroatoms. The monoisotopic (exact) mass is 223 g/mol. The number of halogens is 3. The van der Waals surface area contributed by atoms with E-state index in [4.69, 9.17) is 10.2 Å². The first kappa shape index (κ1) is 11.7. The Balaban J connectivity index is 3.11. The van der Waals surface area contributed by atoms with E-state index in [0.29, 0.717) is 12.2 Å². The van der Waals surface area contributed by atoms with Crippen molar-refractivity contribution in [3.05, 3.63) is 23.3 Å². The van der Waals surface area contributed by atoms with Gasteiger partial charge in [0, 0.05) is 5.57 Å². The maximum absolute atomic E-state index is 12.2. The van der Waals surface area contributed by atoms with Crippen LogP contribution in [0.25, 0.3) is 0 Å². The molecule has 84 valence electrons. The lowest BCUT2D eigenvalue weighted by molar-refractivity contribution is -0.300. The molecular weight excluding hydrogens is 217 g/mol. The van der Waals surface area contributed by atoms with Crippen molar-refractivity contribution in [2.45, 2.75) is 18.4 Å². The van der Waals surface area contributed by atoms with Crippen LogP contribution >= 0.6 is 0 Å². The first-order valence-electron chi connectivity index (χ1n) is 3.81. The topological polar surface area (TPSA) is 80.6 Å². The Morgan fingerprint density at radius 2 is 1.80 bits per heavy atom. The molecule has 0 radical (unpaired) electrons. The second-order valence-corrected chi connectivity index (χ2v) is 2.92. The molecule has 0 aromatic carbocycles. The van der Waals surface area contributed by atoms with Gasteiger partial charge in [-0.25, -0.2) is 0 Å². The Morgan fingerprint density at radius 1 is 1.27 bits per heavy atom. The number of carboxylic acids is 1. The van der Waals surface area contributed by atoms with Crippen LogP contribution in [0.2, 0.25) is 0 Å². The van der Waals surface area contributed by atoms with Crippen molar-refractivity contribution in [2.75, 3.05) is 0 Å². The van der Waals surface area contributed by atoms with Crippen LogP contribution in [-0.4, -0.2) is 34.6 Å². The third kappa shape index (κ3) is 2.18. The van der Waals surface area contributed by atoms with Crippen molar-refractivity contribution in [3.63, 3.8) is 0 Å². The van der Waals surface area contributed by atoms with E-state index in [2.05, 4.69) is 0 Å². The molecule has 0 aliphatic heterocycles. The van der Waals surface area contributed by atoms with Crippen LogP contribution in [0.1, 0.15) is 0 Å². The van der Waals surface area contributed by atoms with Crippen LogP contribution in [0.3, 0.4) is 0 Å². The summed E-state index contributed by atoms with van der Waals surface area (Å²) in [6.45, 7) is 0. The third-order valence-electron chi connectivity index (χ3n) is 1.94. The van der Waals surface area contributed by atoms with Gasteiger partial charge < -0.3 is 20.1 Å². The summed E-state index contributed by atoms with van der Waals surface area (Å²) in [7, 11) is 0. The maximum atomic E-state index is 12.2. The highest BCUT2D eigenvalue weighted by atomic mass is 19.4. The average molecular weight is 223 g/mol. The van der Waals surface area contributed by atoms with E-state index in [1.807, 2.05) is 0 Å². The number of carbonyl (C=O) groups is 1. The molecule has 0 fully saturated rings. The van der Waals surface area contributed by atoms with Crippen molar-refractivity contribution in [3.8, 4) is 0 Å². The van der Waals surface area contributed by atoms with E-state index in [0.717, 1.165) is 0 Å². The predicted molar refractivity (Wildman–Crippen MR) is 39.2 cm³/mol. The molecule has 0 saturated carbocycles. The molecule has 1 rings (SSSR count). The molecule has 0 unspecified atom stereocenters. The number of carboxylic acid groups (broad SMARTS) is 1. The van der Waals surface area contributed by atoms with Crippen LogP contribution in [0, 0.1) is 0 Å². The number of alkyl halides is 3. The Hall–Kier alpha value is -1.34. The number of aliphatic carboxylic acids is 1. The number of aliphatic hydroxyl groups is 2. The Morgan fingerprint density at radius 3 is 2.20 bits per heavy atom. The summed E-state index contributed by atoms with van der Waals surface area (Å²) in [5.41, 5.74) is -2.17. The van der Waals surface area contributed by atoms with Crippen LogP contribution in [0.15, 0.2) is 23.3 Å². The first-order chi connectivity index (χ1) is 6.75. The van der Waals surface area contributed by atoms with Gasteiger partial charge in [-0.2, -0.15) is 13.2 Å². The quantitative estimate of drug-likeness (QED) is 0.590. The maximum Gasteiger partial charge on any atom is 0.415 e. The molecule has 0 bridgehead atoms. The van der Waals surface area contributed by atoms with E-state index in [9.17, 15) is 23.1 Å². The molecule has 15 heavy (non-hydrogen) atoms. The molecule has 2 atom stereocenters. The summed E-state index contributed by atoms with van der Waals surface area (Å²) >= 11 is 0. The largest absolute Gasteiger partial charge is 0.545 e. The standard InChI is InChI=1S/C8H7F3O4/c9-8(10,11)4-2-1-3(7(14)15)5(12)6(4)13/h1-2,5-6,12-13H,(H,14,15)/p-1/t5-,6+/m1/s1. The van der Waals surface area contributed by atoms with Gasteiger partial charge in [0.15, 0.2) is 0 Å². The minimum atomic E-state index is -4.81. The van der Waals surface area contributed by atoms with Crippen molar-refractivity contribution < 1.29 is 33.3 Å². The molecule has 0 spiro atoms. The van der Waals surface area contributed by atoms with E-state index in [1.165, 1.54) is 0 Å². The van der Waals surface area contributed by atoms with Crippen LogP contribution < -0.4 is 5.11 Å². The minimum absolute atomic E-state index is 0.405. The highest BCUT2D eigenvalue weighted by molar-refractivity contribution is 5.87. The van der Waals surface area contributed by atoms with Gasteiger partial charge in [0.25, 0.3) is 0 Å². The second-order valence-electron chi connectivity index (χ2n) is 2.92. The second kappa shape index (κ2) is 3.67. The van der Waals surface area contributed by atoms with Crippen molar-refractivity contribution >= 4 is 5.97 Å². The number of rotatable bonds is 1. The van der Waals surface area contributed by atoms with Gasteiger partial charge in [0.1, 0.15) is 12.2 Å². The van der Waals surface area contributed by atoms with Gasteiger partial charge >= 0.3 is 6.18 Å². The van der Waals surface area contributed by atoms with Crippen LogP contribution in [-0.2, 0) is 4.79 Å². The first-order valence-corrected chi connectivity index (χ1v) is 3.81. The van der Waals surface area contributed by atoms with Crippen LogP contribution in [0.5, 0.6) is 0 Å². The van der Waals surface area contributed by atoms with E-state index in [-0.39, 0.29) is 0 Å². The summed E-state index contributed by atoms with van der Waals surface area (Å²) < 4.78 is 36.5. The Bertz CT molecular complexity index is 342. The molecule has 2 N–H and O–H groups in total. The lowest BCUT2D eigenvalue weighted by Gasteiger charge is -2.27. The Labute approximate surface area is 81.9 Å². The Kier molecular flexibility index (Phi) is 2.87. The zero-order valence-electron chi connectivity index (χ0n) is 7.15. The highest BCUT2D eigenvalue weighted by Gasteiger charge is 2.42. The molecule has 1 aliphatic carbocycles. The molecule has 0 aromatic heterocycles. The number of hydrogen-bond acceptors (Lipinski definition) is 4. The zero-order valence-corrected chi connectivity index (χ0v) is 7.15. The number of allylic oxidation sites excluding steroid dienone is 2. The normalized spacial score (nSPS) is 27.0. The summed E-state index contributed by atoms with van der Waals surface area (Å²) in [4.78, 5) is 10.3. The lowest BCUT2D eigenvalue weighted by atomic mass is 9.92. The molecule has 1 aliphatic rings. The number of hydrogen-bond donors (Lipinski definition) is 2. The van der Waals surface area contributed by atoms with Gasteiger partial charge in [-0.05, 0) is 0 Å². The molecule has 4 nitrogen and oxygen atoms in total. The fourth-order valence-corrected chi connectivity index (χ4v) is 1.17. The molecule has 0 amide bonds. The summed E-state index contributed by atoms with van der Waals surface area (Å²) in [5.74, 6) is -1.82. The van der Waals surface area contributed by atoms with E-state index in [1.54, 1.807) is 0 Å². The molecular formula is C8H6F3O4-. The van der Waals surface area contributed by atoms with Gasteiger partial charge in [-0.1, -0.05) is 12.2 Å². The predicted octanol–water partition coefficient (Wildman–Crippen LogP) is -1.11. The smallest absolute Gasteiger partial charge is 0.415 e. The number of aliphatic hydroxyl groups excluding tert-OH is 2. The molecule has 0 saturated heterocycles. The summed E-state index contributed by atoms with van der Waals surface area (Å²) in [6, 6.07) is 0. The lowest BCUT2D eigenvalue weighted by Crippen LogP contribution is -2.42. The zero-order chi connectivity index (χ0) is 11.8. The van der Waals surface area contributed by atoms with Gasteiger partial charge in [-0.3, -0.25) is 0 Å². The fraction of sp³-hybridized carbons (Fsp3) is 0.375. The van der Waals surface area contributed by atoms with Crippen molar-refractivity contribution in [2.24, 2.45) is 0 Å². The fourth-order valence-electron chi connectivity index (χ4n) is 1.17. The minimum Gasteiger partial charge on any atom is -0.545 e. The van der Waals surface area contributed by atoms with Crippen molar-refractivity contribution in [1.29, 1.82) is 0 Å². The number of carbonyl (C=O) groups excluding carboxylic acids is 1. The van der Waals surface area contributed by atoms with E-state index >= 15 is 0 Å². The highest BCUT2D eigenvalue weighted by Crippen LogP contribution is 2.33. The van der Waals surface area contributed by atoms with Gasteiger partial charge in [0.2, 0.25) is 0 Å². The van der Waals surface area contributed by atoms with Crippen molar-refractivity contribution in [1.82, 2.24) is 0 Å². The molecule has 0 aromatic rings. The SMILES string of the molecule is O=C([O-])C1=CC=C(C(F)(F)F)[C@H](O)[C@@H]1O. The summed E-state index contributed by atoms with van der Waals surface area (Å²) in [6.07, 6.45) is -8.27. The molecule has 0 heterocycles. The van der Waals surface area contributed by atoms with Crippen LogP contribution in [0.4, 0.5) is 13.2 Å².